The monoisotopic (exact) mass is 443 g/mol. The average Bonchev–Trinajstić information content (AvgIpc) is 3.08. The topological polar surface area (TPSA) is 60.4 Å². The normalized spacial score (nSPS) is 46.8. The van der Waals surface area contributed by atoms with Crippen molar-refractivity contribution in [3.8, 4) is 0 Å². The van der Waals surface area contributed by atoms with Gasteiger partial charge in [-0.05, 0) is 91.3 Å². The summed E-state index contributed by atoms with van der Waals surface area (Å²) < 4.78 is 0. The second-order valence-corrected chi connectivity index (χ2v) is 13.3. The molecule has 0 bridgehead atoms. The van der Waals surface area contributed by atoms with Crippen LogP contribution in [0.2, 0.25) is 0 Å². The molecular weight excluding hydrogens is 396 g/mol. The Kier molecular flexibility index (Phi) is 6.40. The molecule has 4 rings (SSSR count). The molecule has 9 atom stereocenters. The Labute approximate surface area is 196 Å². The van der Waals surface area contributed by atoms with Crippen molar-refractivity contribution in [3.05, 3.63) is 11.6 Å². The number of carbonyl (C=O) groups is 1. The smallest absolute Gasteiger partial charge is 0.0649 e. The Hall–Kier alpha value is -0.830. The largest absolute Gasteiger partial charge is 0.549 e. The van der Waals surface area contributed by atoms with E-state index >= 15 is 0 Å². The van der Waals surface area contributed by atoms with Gasteiger partial charge in [0.05, 0.1) is 12.1 Å². The van der Waals surface area contributed by atoms with Crippen molar-refractivity contribution >= 4 is 5.97 Å². The van der Waals surface area contributed by atoms with Crippen LogP contribution in [0.4, 0.5) is 0 Å². The van der Waals surface area contributed by atoms with Gasteiger partial charge in [-0.2, -0.15) is 0 Å². The number of carboxylic acids is 1. The lowest BCUT2D eigenvalue weighted by Gasteiger charge is -2.62. The maximum absolute atomic E-state index is 12.2. The molecule has 3 nitrogen and oxygen atoms in total. The molecule has 32 heavy (non-hydrogen) atoms. The van der Waals surface area contributed by atoms with Crippen molar-refractivity contribution in [3.63, 3.8) is 0 Å². The lowest BCUT2D eigenvalue weighted by Crippen LogP contribution is -2.62. The molecule has 4 aliphatic carbocycles. The molecule has 0 aromatic heterocycles. The first kappa shape index (κ1) is 24.3. The predicted octanol–water partition coefficient (Wildman–Crippen LogP) is 5.75. The van der Waals surface area contributed by atoms with E-state index in [1.807, 2.05) is 0 Å². The lowest BCUT2D eigenvalue weighted by molar-refractivity contribution is -0.332. The van der Waals surface area contributed by atoms with Crippen molar-refractivity contribution in [2.45, 2.75) is 112 Å². The van der Waals surface area contributed by atoms with E-state index in [4.69, 9.17) is 0 Å². The molecule has 3 saturated carbocycles. The molecule has 4 aliphatic rings. The number of allylic oxidation sites excluding steroid dienone is 2. The maximum Gasteiger partial charge on any atom is 0.0649 e. The van der Waals surface area contributed by atoms with Crippen molar-refractivity contribution in [1.29, 1.82) is 0 Å². The van der Waals surface area contributed by atoms with Gasteiger partial charge in [0, 0.05) is 5.41 Å². The predicted molar refractivity (Wildman–Crippen MR) is 128 cm³/mol. The summed E-state index contributed by atoms with van der Waals surface area (Å²) in [7, 11) is 0. The van der Waals surface area contributed by atoms with Gasteiger partial charge in [-0.15, -0.1) is 0 Å². The molecule has 0 aromatic rings. The van der Waals surface area contributed by atoms with E-state index in [0.29, 0.717) is 23.7 Å². The van der Waals surface area contributed by atoms with Crippen LogP contribution in [-0.2, 0) is 4.79 Å². The summed E-state index contributed by atoms with van der Waals surface area (Å²) in [5.74, 6) is 2.45. The third kappa shape index (κ3) is 3.51. The van der Waals surface area contributed by atoms with E-state index in [2.05, 4.69) is 40.7 Å². The average molecular weight is 444 g/mol. The summed E-state index contributed by atoms with van der Waals surface area (Å²) in [4.78, 5) is 12.2. The van der Waals surface area contributed by atoms with Crippen LogP contribution in [-0.4, -0.2) is 17.2 Å². The minimum absolute atomic E-state index is 0.0333. The molecule has 0 spiro atoms. The third-order valence-corrected chi connectivity index (χ3v) is 11.3. The fourth-order valence-electron chi connectivity index (χ4n) is 9.32. The van der Waals surface area contributed by atoms with Gasteiger partial charge >= 0.3 is 0 Å². The summed E-state index contributed by atoms with van der Waals surface area (Å²) in [6, 6.07) is 0. The molecule has 0 radical (unpaired) electrons. The molecule has 0 amide bonds. The van der Waals surface area contributed by atoms with Gasteiger partial charge < -0.3 is 15.0 Å². The zero-order valence-corrected chi connectivity index (χ0v) is 21.5. The number of aliphatic hydroxyl groups excluding tert-OH is 1. The number of hydrogen-bond acceptors (Lipinski definition) is 3. The minimum Gasteiger partial charge on any atom is -0.549 e. The molecule has 182 valence electrons. The van der Waals surface area contributed by atoms with Gasteiger partial charge in [-0.1, -0.05) is 72.5 Å². The molecule has 9 unspecified atom stereocenters. The van der Waals surface area contributed by atoms with E-state index in [1.54, 1.807) is 12.5 Å². The first-order valence-corrected chi connectivity index (χ1v) is 13.6. The van der Waals surface area contributed by atoms with Gasteiger partial charge in [0.2, 0.25) is 0 Å². The van der Waals surface area contributed by atoms with Crippen LogP contribution in [0.15, 0.2) is 11.6 Å². The Morgan fingerprint density at radius 3 is 2.34 bits per heavy atom. The molecule has 0 saturated heterocycles. The van der Waals surface area contributed by atoms with E-state index in [9.17, 15) is 15.0 Å². The number of carboxylic acid groups (broad SMARTS) is 1. The summed E-state index contributed by atoms with van der Waals surface area (Å²) in [6.45, 7) is 13.8. The van der Waals surface area contributed by atoms with Crippen LogP contribution < -0.4 is 5.11 Å². The Balaban J connectivity index is 1.58. The number of fused-ring (bicyclic) bond motifs is 5. The summed E-state index contributed by atoms with van der Waals surface area (Å²) in [5.41, 5.74) is 0.875. The zero-order chi connectivity index (χ0) is 23.5. The molecule has 0 heterocycles. The van der Waals surface area contributed by atoms with Gasteiger partial charge in [0.25, 0.3) is 0 Å². The quantitative estimate of drug-likeness (QED) is 0.531. The van der Waals surface area contributed by atoms with E-state index in [0.717, 1.165) is 30.6 Å². The lowest BCUT2D eigenvalue weighted by atomic mass is 9.43. The van der Waals surface area contributed by atoms with Gasteiger partial charge in [0.15, 0.2) is 0 Å². The minimum atomic E-state index is -1.14. The summed E-state index contributed by atoms with van der Waals surface area (Å²) in [5, 5.41) is 22.9. The molecule has 1 N–H and O–H groups in total. The van der Waals surface area contributed by atoms with E-state index in [1.165, 1.54) is 44.9 Å². The number of aliphatic carboxylic acids is 1. The van der Waals surface area contributed by atoms with E-state index < -0.39 is 17.5 Å². The Bertz CT molecular complexity index is 756. The molecule has 3 fully saturated rings. The first-order chi connectivity index (χ1) is 15.0. The first-order valence-electron chi connectivity index (χ1n) is 13.6. The Morgan fingerprint density at radius 1 is 1.03 bits per heavy atom. The standard InChI is InChI=1S/C29H48O3/c1-18(2)8-7-9-19(3)21-11-12-22-20-10-13-24-28(5,23(20)14-16-27(21,22)4)17-15-25(30)29(24,6)26(31)32/h10,18-19,21-25,30H,7-9,11-17H2,1-6H3,(H,31,32)/p-1. The van der Waals surface area contributed by atoms with Crippen molar-refractivity contribution < 1.29 is 15.0 Å². The van der Waals surface area contributed by atoms with Crippen molar-refractivity contribution in [2.75, 3.05) is 0 Å². The van der Waals surface area contributed by atoms with Crippen LogP contribution >= 0.6 is 0 Å². The SMILES string of the molecule is CC(C)CCCC(C)C1CCC2C3=CCC4C(C)(CCC(O)C4(C)C(=O)[O-])C3CCC21C. The van der Waals surface area contributed by atoms with Crippen molar-refractivity contribution in [1.82, 2.24) is 0 Å². The van der Waals surface area contributed by atoms with Gasteiger partial charge in [-0.25, -0.2) is 0 Å². The van der Waals surface area contributed by atoms with Crippen LogP contribution in [0.3, 0.4) is 0 Å². The highest BCUT2D eigenvalue weighted by atomic mass is 16.4. The summed E-state index contributed by atoms with van der Waals surface area (Å²) in [6.07, 6.45) is 13.1. The highest BCUT2D eigenvalue weighted by molar-refractivity contribution is 5.74. The van der Waals surface area contributed by atoms with Gasteiger partial charge in [-0.3, -0.25) is 0 Å². The van der Waals surface area contributed by atoms with Crippen molar-refractivity contribution in [2.24, 2.45) is 51.8 Å². The number of carbonyl (C=O) groups excluding carboxylic acids is 1. The maximum atomic E-state index is 12.2. The van der Waals surface area contributed by atoms with E-state index in [-0.39, 0.29) is 11.3 Å². The van der Waals surface area contributed by atoms with Crippen LogP contribution in [0.1, 0.15) is 106 Å². The highest BCUT2D eigenvalue weighted by Crippen LogP contribution is 2.68. The zero-order valence-electron chi connectivity index (χ0n) is 21.5. The second-order valence-electron chi connectivity index (χ2n) is 13.3. The highest BCUT2D eigenvalue weighted by Gasteiger charge is 2.62. The second kappa shape index (κ2) is 8.43. The van der Waals surface area contributed by atoms with Crippen LogP contribution in [0.5, 0.6) is 0 Å². The van der Waals surface area contributed by atoms with Crippen LogP contribution in [0, 0.1) is 51.8 Å². The summed E-state index contributed by atoms with van der Waals surface area (Å²) >= 11 is 0. The van der Waals surface area contributed by atoms with Gasteiger partial charge in [0.1, 0.15) is 0 Å². The fraction of sp³-hybridized carbons (Fsp3) is 0.897. The molecule has 0 aliphatic heterocycles. The van der Waals surface area contributed by atoms with Crippen LogP contribution in [0.25, 0.3) is 0 Å². The third-order valence-electron chi connectivity index (χ3n) is 11.3. The Morgan fingerprint density at radius 2 is 1.69 bits per heavy atom. The molecule has 0 aromatic carbocycles. The number of aliphatic hydroxyl groups is 1. The number of rotatable bonds is 6. The fourth-order valence-corrected chi connectivity index (χ4v) is 9.32. The molecular formula is C29H47O3-. The number of hydrogen-bond donors (Lipinski definition) is 1. The molecule has 3 heteroatoms.